The van der Waals surface area contributed by atoms with Gasteiger partial charge in [-0.25, -0.2) is 4.79 Å². The summed E-state index contributed by atoms with van der Waals surface area (Å²) in [7, 11) is 0. The number of hydrogen-bond donors (Lipinski definition) is 1. The van der Waals surface area contributed by atoms with Gasteiger partial charge in [0.2, 0.25) is 0 Å². The molecule has 1 amide bonds. The molecule has 1 heterocycles. The van der Waals surface area contributed by atoms with Gasteiger partial charge in [-0.2, -0.15) is 0 Å². The molecule has 0 saturated heterocycles. The van der Waals surface area contributed by atoms with Gasteiger partial charge < -0.3 is 19.6 Å². The highest BCUT2D eigenvalue weighted by atomic mass is 16.6. The molecule has 2 rings (SSSR count). The van der Waals surface area contributed by atoms with E-state index in [9.17, 15) is 9.59 Å². The van der Waals surface area contributed by atoms with Crippen LogP contribution in [-0.2, 0) is 9.53 Å². The number of aldehydes is 1. The SMILES string of the molecule is CC(C)(C)OC(=O)NC1c2ccccc2OCC1C=O. The maximum Gasteiger partial charge on any atom is 0.408 e. The molecule has 2 atom stereocenters. The third-order valence-corrected chi connectivity index (χ3v) is 2.96. The van der Waals surface area contributed by atoms with Crippen LogP contribution < -0.4 is 10.1 Å². The van der Waals surface area contributed by atoms with Crippen molar-refractivity contribution in [1.82, 2.24) is 5.32 Å². The molecule has 108 valence electrons. The van der Waals surface area contributed by atoms with Crippen LogP contribution in [-0.4, -0.2) is 24.6 Å². The summed E-state index contributed by atoms with van der Waals surface area (Å²) < 4.78 is 10.8. The van der Waals surface area contributed by atoms with Gasteiger partial charge in [0.25, 0.3) is 0 Å². The Labute approximate surface area is 118 Å². The Hall–Kier alpha value is -2.04. The fourth-order valence-corrected chi connectivity index (χ4v) is 2.12. The standard InChI is InChI=1S/C15H19NO4/c1-15(2,3)20-14(18)16-13-10(8-17)9-19-12-7-5-4-6-11(12)13/h4-8,10,13H,9H2,1-3H3,(H,16,18). The first kappa shape index (κ1) is 14.4. The minimum absolute atomic E-state index is 0.251. The van der Waals surface area contributed by atoms with Crippen LogP contribution in [0.5, 0.6) is 5.75 Å². The molecule has 1 aliphatic heterocycles. The molecular formula is C15H19NO4. The molecule has 1 aromatic rings. The van der Waals surface area contributed by atoms with Gasteiger partial charge in [0.1, 0.15) is 17.6 Å². The zero-order chi connectivity index (χ0) is 14.8. The Morgan fingerprint density at radius 3 is 2.75 bits per heavy atom. The number of amides is 1. The van der Waals surface area contributed by atoms with E-state index in [1.54, 1.807) is 20.8 Å². The van der Waals surface area contributed by atoms with E-state index in [1.165, 1.54) is 0 Å². The first-order valence-electron chi connectivity index (χ1n) is 6.57. The number of ether oxygens (including phenoxy) is 2. The van der Waals surface area contributed by atoms with Crippen molar-refractivity contribution < 1.29 is 19.1 Å². The molecule has 0 saturated carbocycles. The molecule has 2 unspecified atom stereocenters. The summed E-state index contributed by atoms with van der Waals surface area (Å²) >= 11 is 0. The van der Waals surface area contributed by atoms with E-state index in [2.05, 4.69) is 5.32 Å². The monoisotopic (exact) mass is 277 g/mol. The summed E-state index contributed by atoms with van der Waals surface area (Å²) in [4.78, 5) is 23.1. The van der Waals surface area contributed by atoms with Gasteiger partial charge in [-0.3, -0.25) is 0 Å². The average Bonchev–Trinajstić information content (AvgIpc) is 2.37. The Morgan fingerprint density at radius 2 is 2.10 bits per heavy atom. The molecule has 20 heavy (non-hydrogen) atoms. The molecule has 1 aromatic carbocycles. The smallest absolute Gasteiger partial charge is 0.408 e. The van der Waals surface area contributed by atoms with Gasteiger partial charge in [0.15, 0.2) is 0 Å². The Morgan fingerprint density at radius 1 is 1.40 bits per heavy atom. The van der Waals surface area contributed by atoms with Crippen molar-refractivity contribution >= 4 is 12.4 Å². The van der Waals surface area contributed by atoms with E-state index in [1.807, 2.05) is 24.3 Å². The quantitative estimate of drug-likeness (QED) is 0.843. The lowest BCUT2D eigenvalue weighted by atomic mass is 9.92. The second-order valence-corrected chi connectivity index (χ2v) is 5.77. The fourth-order valence-electron chi connectivity index (χ4n) is 2.12. The number of rotatable bonds is 2. The highest BCUT2D eigenvalue weighted by Gasteiger charge is 2.33. The summed E-state index contributed by atoms with van der Waals surface area (Å²) in [5.74, 6) is 0.268. The highest BCUT2D eigenvalue weighted by molar-refractivity contribution is 5.70. The van der Waals surface area contributed by atoms with Gasteiger partial charge in [-0.15, -0.1) is 0 Å². The third kappa shape index (κ3) is 3.29. The molecular weight excluding hydrogens is 258 g/mol. The lowest BCUT2D eigenvalue weighted by Gasteiger charge is -2.31. The predicted octanol–water partition coefficient (Wildman–Crippen LogP) is 2.46. The van der Waals surface area contributed by atoms with Crippen molar-refractivity contribution in [3.8, 4) is 5.75 Å². The van der Waals surface area contributed by atoms with E-state index in [0.717, 1.165) is 11.8 Å². The average molecular weight is 277 g/mol. The number of fused-ring (bicyclic) bond motifs is 1. The highest BCUT2D eigenvalue weighted by Crippen LogP contribution is 2.34. The van der Waals surface area contributed by atoms with Gasteiger partial charge >= 0.3 is 6.09 Å². The van der Waals surface area contributed by atoms with Crippen LogP contribution in [0, 0.1) is 5.92 Å². The largest absolute Gasteiger partial charge is 0.492 e. The van der Waals surface area contributed by atoms with Gasteiger partial charge in [0, 0.05) is 5.56 Å². The van der Waals surface area contributed by atoms with Crippen molar-refractivity contribution in [3.05, 3.63) is 29.8 Å². The number of hydrogen-bond acceptors (Lipinski definition) is 4. The van der Waals surface area contributed by atoms with Crippen LogP contribution >= 0.6 is 0 Å². The van der Waals surface area contributed by atoms with Gasteiger partial charge in [-0.1, -0.05) is 18.2 Å². The van der Waals surface area contributed by atoms with Crippen LogP contribution in [0.1, 0.15) is 32.4 Å². The maximum atomic E-state index is 11.9. The number of carbonyl (C=O) groups excluding carboxylic acids is 2. The van der Waals surface area contributed by atoms with Crippen molar-refractivity contribution in [2.24, 2.45) is 5.92 Å². The zero-order valence-electron chi connectivity index (χ0n) is 11.9. The first-order valence-corrected chi connectivity index (χ1v) is 6.57. The van der Waals surface area contributed by atoms with E-state index in [-0.39, 0.29) is 6.61 Å². The number of carbonyl (C=O) groups is 2. The Kier molecular flexibility index (Phi) is 3.97. The predicted molar refractivity (Wildman–Crippen MR) is 73.6 cm³/mol. The van der Waals surface area contributed by atoms with E-state index in [4.69, 9.17) is 9.47 Å². The summed E-state index contributed by atoms with van der Waals surface area (Å²) in [6.07, 6.45) is 0.267. The lowest BCUT2D eigenvalue weighted by Crippen LogP contribution is -2.41. The number of benzene rings is 1. The molecule has 0 aliphatic carbocycles. The summed E-state index contributed by atoms with van der Waals surface area (Å²) in [5.41, 5.74) is 0.215. The molecule has 0 fully saturated rings. The van der Waals surface area contributed by atoms with Crippen LogP contribution in [0.2, 0.25) is 0 Å². The van der Waals surface area contributed by atoms with Crippen molar-refractivity contribution in [3.63, 3.8) is 0 Å². The maximum absolute atomic E-state index is 11.9. The number of para-hydroxylation sites is 1. The molecule has 0 spiro atoms. The normalized spacial score (nSPS) is 21.4. The second-order valence-electron chi connectivity index (χ2n) is 5.77. The minimum atomic E-state index is -0.578. The topological polar surface area (TPSA) is 64.6 Å². The number of nitrogens with one attached hydrogen (secondary N) is 1. The van der Waals surface area contributed by atoms with Crippen LogP contribution in [0.25, 0.3) is 0 Å². The molecule has 5 heteroatoms. The summed E-state index contributed by atoms with van der Waals surface area (Å²) in [5, 5.41) is 2.76. The molecule has 0 bridgehead atoms. The molecule has 0 radical (unpaired) electrons. The first-order chi connectivity index (χ1) is 9.40. The molecule has 5 nitrogen and oxygen atoms in total. The summed E-state index contributed by atoms with van der Waals surface area (Å²) in [6, 6.07) is 6.93. The lowest BCUT2D eigenvalue weighted by molar-refractivity contribution is -0.113. The van der Waals surface area contributed by atoms with Crippen molar-refractivity contribution in [2.75, 3.05) is 6.61 Å². The molecule has 1 N–H and O–H groups in total. The van der Waals surface area contributed by atoms with Crippen molar-refractivity contribution in [1.29, 1.82) is 0 Å². The Bertz CT molecular complexity index is 507. The summed E-state index contributed by atoms with van der Waals surface area (Å²) in [6.45, 7) is 5.63. The van der Waals surface area contributed by atoms with E-state index >= 15 is 0 Å². The second kappa shape index (κ2) is 5.53. The van der Waals surface area contributed by atoms with E-state index in [0.29, 0.717) is 5.75 Å². The van der Waals surface area contributed by atoms with Crippen LogP contribution in [0.3, 0.4) is 0 Å². The zero-order valence-corrected chi connectivity index (χ0v) is 11.9. The molecule has 1 aliphatic rings. The van der Waals surface area contributed by atoms with Crippen LogP contribution in [0.4, 0.5) is 4.79 Å². The Balaban J connectivity index is 2.19. The van der Waals surface area contributed by atoms with E-state index < -0.39 is 23.7 Å². The minimum Gasteiger partial charge on any atom is -0.492 e. The van der Waals surface area contributed by atoms with Gasteiger partial charge in [-0.05, 0) is 26.8 Å². The fraction of sp³-hybridized carbons (Fsp3) is 0.467. The van der Waals surface area contributed by atoms with Crippen molar-refractivity contribution in [2.45, 2.75) is 32.4 Å². The molecule has 0 aromatic heterocycles. The van der Waals surface area contributed by atoms with Gasteiger partial charge in [0.05, 0.1) is 18.6 Å². The third-order valence-electron chi connectivity index (χ3n) is 2.96. The number of alkyl carbamates (subject to hydrolysis) is 1. The van der Waals surface area contributed by atoms with Crippen LogP contribution in [0.15, 0.2) is 24.3 Å².